The van der Waals surface area contributed by atoms with Crippen LogP contribution in [0, 0.1) is 5.92 Å². The van der Waals surface area contributed by atoms with Gasteiger partial charge in [-0.25, -0.2) is 0 Å². The number of alkyl halides is 3. The second-order valence-corrected chi connectivity index (χ2v) is 6.37. The van der Waals surface area contributed by atoms with Crippen LogP contribution in [-0.2, 0) is 12.6 Å². The van der Waals surface area contributed by atoms with Crippen molar-refractivity contribution < 1.29 is 13.2 Å². The van der Waals surface area contributed by atoms with Crippen LogP contribution in [0.5, 0.6) is 0 Å². The van der Waals surface area contributed by atoms with Crippen LogP contribution in [0.25, 0.3) is 0 Å². The van der Waals surface area contributed by atoms with E-state index in [0.29, 0.717) is 30.1 Å². The van der Waals surface area contributed by atoms with E-state index in [2.05, 4.69) is 6.92 Å². The highest BCUT2D eigenvalue weighted by molar-refractivity contribution is 5.58. The van der Waals surface area contributed by atoms with Gasteiger partial charge in [-0.15, -0.1) is 0 Å². The van der Waals surface area contributed by atoms with Crippen LogP contribution in [0.15, 0.2) is 18.2 Å². The third kappa shape index (κ3) is 3.70. The molecule has 0 bridgehead atoms. The molecule has 1 aromatic rings. The third-order valence-corrected chi connectivity index (χ3v) is 4.02. The molecule has 0 spiro atoms. The Bertz CT molecular complexity index is 497. The maximum atomic E-state index is 13.4. The Labute approximate surface area is 124 Å². The molecule has 0 aliphatic carbocycles. The number of anilines is 1. The lowest BCUT2D eigenvalue weighted by Gasteiger charge is -2.28. The molecular weight excluding hydrogens is 277 g/mol. The monoisotopic (exact) mass is 300 g/mol. The van der Waals surface area contributed by atoms with Crippen molar-refractivity contribution in [1.82, 2.24) is 0 Å². The minimum atomic E-state index is -4.34. The topological polar surface area (TPSA) is 29.3 Å². The number of halogens is 3. The summed E-state index contributed by atoms with van der Waals surface area (Å²) in [6.45, 7) is 6.54. The van der Waals surface area contributed by atoms with Gasteiger partial charge < -0.3 is 10.6 Å². The Kier molecular flexibility index (Phi) is 4.51. The van der Waals surface area contributed by atoms with Crippen molar-refractivity contribution in [2.24, 2.45) is 11.7 Å². The first-order valence-corrected chi connectivity index (χ1v) is 7.40. The quantitative estimate of drug-likeness (QED) is 0.919. The molecule has 0 amide bonds. The van der Waals surface area contributed by atoms with Crippen molar-refractivity contribution in [3.05, 3.63) is 29.3 Å². The molecule has 1 fully saturated rings. The van der Waals surface area contributed by atoms with Gasteiger partial charge in [-0.2, -0.15) is 13.2 Å². The standard InChI is InChI=1S/C16H23F3N2/c1-10-6-12(3)21(9-10)15-5-4-13(7-11(2)20)8-14(15)16(17,18)19/h4-5,8,10-12H,6-7,9,20H2,1-3H3. The summed E-state index contributed by atoms with van der Waals surface area (Å²) in [5.41, 5.74) is 6.09. The minimum absolute atomic E-state index is 0.139. The van der Waals surface area contributed by atoms with Crippen molar-refractivity contribution in [1.29, 1.82) is 0 Å². The molecule has 1 heterocycles. The van der Waals surface area contributed by atoms with Gasteiger partial charge in [0.05, 0.1) is 5.56 Å². The number of nitrogens with two attached hydrogens (primary N) is 1. The molecule has 5 heteroatoms. The largest absolute Gasteiger partial charge is 0.418 e. The summed E-state index contributed by atoms with van der Waals surface area (Å²) in [7, 11) is 0. The Hall–Kier alpha value is -1.23. The molecule has 1 aromatic carbocycles. The lowest BCUT2D eigenvalue weighted by Crippen LogP contribution is -2.29. The normalized spacial score (nSPS) is 24.4. The molecule has 1 aliphatic heterocycles. The molecule has 3 atom stereocenters. The van der Waals surface area contributed by atoms with Gasteiger partial charge in [0.2, 0.25) is 0 Å². The summed E-state index contributed by atoms with van der Waals surface area (Å²) in [5, 5.41) is 0. The van der Waals surface area contributed by atoms with Crippen molar-refractivity contribution in [3.8, 4) is 0 Å². The van der Waals surface area contributed by atoms with E-state index >= 15 is 0 Å². The lowest BCUT2D eigenvalue weighted by molar-refractivity contribution is -0.137. The molecule has 1 saturated heterocycles. The first-order valence-electron chi connectivity index (χ1n) is 7.40. The predicted octanol–water partition coefficient (Wildman–Crippen LogP) is 3.83. The van der Waals surface area contributed by atoms with Crippen LogP contribution in [0.4, 0.5) is 18.9 Å². The summed E-state index contributed by atoms with van der Waals surface area (Å²) >= 11 is 0. The Balaban J connectivity index is 2.41. The van der Waals surface area contributed by atoms with Gasteiger partial charge in [0.1, 0.15) is 0 Å². The number of benzene rings is 1. The highest BCUT2D eigenvalue weighted by Gasteiger charge is 2.37. The summed E-state index contributed by atoms with van der Waals surface area (Å²) in [5.74, 6) is 0.421. The van der Waals surface area contributed by atoms with Gasteiger partial charge in [-0.05, 0) is 50.3 Å². The van der Waals surface area contributed by atoms with Crippen LogP contribution < -0.4 is 10.6 Å². The fourth-order valence-corrected chi connectivity index (χ4v) is 3.20. The summed E-state index contributed by atoms with van der Waals surface area (Å²) in [6.07, 6.45) is -2.96. The van der Waals surface area contributed by atoms with Crippen LogP contribution in [0.1, 0.15) is 38.3 Å². The minimum Gasteiger partial charge on any atom is -0.368 e. The first kappa shape index (κ1) is 16.1. The fourth-order valence-electron chi connectivity index (χ4n) is 3.20. The zero-order valence-electron chi connectivity index (χ0n) is 12.7. The van der Waals surface area contributed by atoms with E-state index in [0.717, 1.165) is 6.42 Å². The molecule has 118 valence electrons. The molecule has 2 rings (SSSR count). The van der Waals surface area contributed by atoms with E-state index < -0.39 is 11.7 Å². The molecule has 0 radical (unpaired) electrons. The SMILES string of the molecule is CC(N)Cc1ccc(N2CC(C)CC2C)c(C(F)(F)F)c1. The molecule has 21 heavy (non-hydrogen) atoms. The average Bonchev–Trinajstić information content (AvgIpc) is 2.66. The predicted molar refractivity (Wildman–Crippen MR) is 79.4 cm³/mol. The number of nitrogens with zero attached hydrogens (tertiary/aromatic N) is 1. The number of hydrogen-bond acceptors (Lipinski definition) is 2. The van der Waals surface area contributed by atoms with Crippen LogP contribution >= 0.6 is 0 Å². The van der Waals surface area contributed by atoms with Gasteiger partial charge in [0.15, 0.2) is 0 Å². The molecule has 0 aromatic heterocycles. The Morgan fingerprint density at radius 1 is 1.33 bits per heavy atom. The molecule has 1 aliphatic rings. The molecular formula is C16H23F3N2. The van der Waals surface area contributed by atoms with E-state index in [-0.39, 0.29) is 12.1 Å². The van der Waals surface area contributed by atoms with Gasteiger partial charge in [0.25, 0.3) is 0 Å². The highest BCUT2D eigenvalue weighted by Crippen LogP contribution is 2.40. The summed E-state index contributed by atoms with van der Waals surface area (Å²) in [4.78, 5) is 1.88. The van der Waals surface area contributed by atoms with Gasteiger partial charge in [-0.3, -0.25) is 0 Å². The smallest absolute Gasteiger partial charge is 0.368 e. The molecule has 2 N–H and O–H groups in total. The summed E-state index contributed by atoms with van der Waals surface area (Å²) in [6, 6.07) is 4.62. The highest BCUT2D eigenvalue weighted by atomic mass is 19.4. The van der Waals surface area contributed by atoms with E-state index in [1.165, 1.54) is 6.07 Å². The van der Waals surface area contributed by atoms with Gasteiger partial charge in [0, 0.05) is 24.3 Å². The van der Waals surface area contributed by atoms with E-state index in [9.17, 15) is 13.2 Å². The third-order valence-electron chi connectivity index (χ3n) is 4.02. The number of hydrogen-bond donors (Lipinski definition) is 1. The van der Waals surface area contributed by atoms with Crippen molar-refractivity contribution in [3.63, 3.8) is 0 Å². The molecule has 0 saturated carbocycles. The Morgan fingerprint density at radius 2 is 2.00 bits per heavy atom. The van der Waals surface area contributed by atoms with Crippen LogP contribution in [0.2, 0.25) is 0 Å². The maximum absolute atomic E-state index is 13.4. The van der Waals surface area contributed by atoms with Crippen LogP contribution in [0.3, 0.4) is 0 Å². The van der Waals surface area contributed by atoms with Crippen LogP contribution in [-0.4, -0.2) is 18.6 Å². The number of rotatable bonds is 3. The Morgan fingerprint density at radius 3 is 2.48 bits per heavy atom. The second-order valence-electron chi connectivity index (χ2n) is 6.37. The molecule has 3 unspecified atom stereocenters. The second kappa shape index (κ2) is 5.87. The lowest BCUT2D eigenvalue weighted by atomic mass is 10.0. The molecule has 2 nitrogen and oxygen atoms in total. The summed E-state index contributed by atoms with van der Waals surface area (Å²) < 4.78 is 40.2. The van der Waals surface area contributed by atoms with Gasteiger partial charge in [-0.1, -0.05) is 13.0 Å². The van der Waals surface area contributed by atoms with Crippen molar-refractivity contribution >= 4 is 5.69 Å². The van der Waals surface area contributed by atoms with E-state index in [1.54, 1.807) is 19.1 Å². The van der Waals surface area contributed by atoms with Gasteiger partial charge >= 0.3 is 6.18 Å². The zero-order valence-corrected chi connectivity index (χ0v) is 12.7. The van der Waals surface area contributed by atoms with Crippen molar-refractivity contribution in [2.45, 2.75) is 51.9 Å². The average molecular weight is 300 g/mol. The van der Waals surface area contributed by atoms with E-state index in [1.807, 2.05) is 11.8 Å². The zero-order chi connectivity index (χ0) is 15.8. The van der Waals surface area contributed by atoms with Crippen molar-refractivity contribution in [2.75, 3.05) is 11.4 Å². The maximum Gasteiger partial charge on any atom is 0.418 e. The first-order chi connectivity index (χ1) is 9.68. The van der Waals surface area contributed by atoms with E-state index in [4.69, 9.17) is 5.73 Å². The fraction of sp³-hybridized carbons (Fsp3) is 0.625.